The zero-order chi connectivity index (χ0) is 18.7. The normalized spacial score (nSPS) is 13.7. The van der Waals surface area contributed by atoms with Crippen molar-refractivity contribution < 1.29 is 18.9 Å². The lowest BCUT2D eigenvalue weighted by atomic mass is 10.1. The molecule has 7 nitrogen and oxygen atoms in total. The molecule has 8 heteroatoms. The maximum Gasteiger partial charge on any atom is 0.271 e. The number of hydrogen-bond acceptors (Lipinski definition) is 4. The van der Waals surface area contributed by atoms with Gasteiger partial charge < -0.3 is 10.2 Å². The summed E-state index contributed by atoms with van der Waals surface area (Å²) in [6, 6.07) is 9.59. The minimum absolute atomic E-state index is 0.0820. The summed E-state index contributed by atoms with van der Waals surface area (Å²) < 4.78 is 13.8. The predicted octanol–water partition coefficient (Wildman–Crippen LogP) is 3.11. The molecule has 0 bridgehead atoms. The van der Waals surface area contributed by atoms with E-state index >= 15 is 0 Å². The van der Waals surface area contributed by atoms with Crippen molar-refractivity contribution in [3.05, 3.63) is 69.5 Å². The molecule has 134 valence electrons. The lowest BCUT2D eigenvalue weighted by Gasteiger charge is -2.16. The predicted molar refractivity (Wildman–Crippen MR) is 92.1 cm³/mol. The van der Waals surface area contributed by atoms with Gasteiger partial charge in [-0.3, -0.25) is 19.7 Å². The molecule has 1 N–H and O–H groups in total. The Morgan fingerprint density at radius 1 is 1.27 bits per heavy atom. The Bertz CT molecular complexity index is 884. The number of nitrogens with zero attached hydrogens (tertiary/aromatic N) is 2. The van der Waals surface area contributed by atoms with Crippen molar-refractivity contribution in [3.63, 3.8) is 0 Å². The van der Waals surface area contributed by atoms with E-state index in [0.717, 1.165) is 30.2 Å². The van der Waals surface area contributed by atoms with Crippen LogP contribution >= 0.6 is 0 Å². The maximum atomic E-state index is 13.8. The third-order valence-electron chi connectivity index (χ3n) is 4.14. The molecule has 0 unspecified atom stereocenters. The minimum atomic E-state index is -0.761. The summed E-state index contributed by atoms with van der Waals surface area (Å²) in [4.78, 5) is 35.9. The standard InChI is InChI=1S/C18H16FN3O4/c19-15-7-6-14(22(25)26)10-16(15)20-18(24)13-4-1-3-12(9-13)11-21-8-2-5-17(21)23/h1,3-4,6-7,9-10H,2,5,8,11H2,(H,20,24). The van der Waals surface area contributed by atoms with E-state index < -0.39 is 16.6 Å². The molecule has 1 aliphatic rings. The number of benzene rings is 2. The number of nitro groups is 1. The van der Waals surface area contributed by atoms with Gasteiger partial charge in [-0.25, -0.2) is 4.39 Å². The van der Waals surface area contributed by atoms with Crippen LogP contribution in [0.3, 0.4) is 0 Å². The summed E-state index contributed by atoms with van der Waals surface area (Å²) in [6.07, 6.45) is 1.36. The zero-order valence-electron chi connectivity index (χ0n) is 13.8. The lowest BCUT2D eigenvalue weighted by Crippen LogP contribution is -2.24. The van der Waals surface area contributed by atoms with E-state index in [4.69, 9.17) is 0 Å². The molecular formula is C18H16FN3O4. The summed E-state index contributed by atoms with van der Waals surface area (Å²) >= 11 is 0. The number of carbonyl (C=O) groups is 2. The Balaban J connectivity index is 1.76. The average Bonchev–Trinajstić information content (AvgIpc) is 3.01. The van der Waals surface area contributed by atoms with Crippen LogP contribution < -0.4 is 5.32 Å². The first kappa shape index (κ1) is 17.5. The van der Waals surface area contributed by atoms with Gasteiger partial charge in [-0.15, -0.1) is 0 Å². The van der Waals surface area contributed by atoms with Gasteiger partial charge in [-0.1, -0.05) is 12.1 Å². The fourth-order valence-electron chi connectivity index (χ4n) is 2.82. The molecule has 2 aromatic carbocycles. The quantitative estimate of drug-likeness (QED) is 0.657. The molecule has 0 atom stereocenters. The minimum Gasteiger partial charge on any atom is -0.338 e. The number of amides is 2. The average molecular weight is 357 g/mol. The fourth-order valence-corrected chi connectivity index (χ4v) is 2.82. The van der Waals surface area contributed by atoms with Crippen LogP contribution in [0, 0.1) is 15.9 Å². The molecule has 1 aliphatic heterocycles. The number of halogens is 1. The molecule has 2 amide bonds. The van der Waals surface area contributed by atoms with E-state index in [1.807, 2.05) is 0 Å². The van der Waals surface area contributed by atoms with Crippen LogP contribution in [0.25, 0.3) is 0 Å². The summed E-state index contributed by atoms with van der Waals surface area (Å²) in [5.74, 6) is -1.26. The Morgan fingerprint density at radius 2 is 2.08 bits per heavy atom. The molecule has 0 spiro atoms. The summed E-state index contributed by atoms with van der Waals surface area (Å²) in [6.45, 7) is 1.10. The van der Waals surface area contributed by atoms with Crippen molar-refractivity contribution in [2.45, 2.75) is 19.4 Å². The van der Waals surface area contributed by atoms with Crippen LogP contribution in [0.1, 0.15) is 28.8 Å². The number of anilines is 1. The van der Waals surface area contributed by atoms with Gasteiger partial charge in [0.05, 0.1) is 10.6 Å². The number of likely N-dealkylation sites (tertiary alicyclic amines) is 1. The second-order valence-corrected chi connectivity index (χ2v) is 5.99. The van der Waals surface area contributed by atoms with Crippen molar-refractivity contribution in [1.82, 2.24) is 4.90 Å². The molecule has 0 saturated carbocycles. The van der Waals surface area contributed by atoms with Gasteiger partial charge in [-0.05, 0) is 30.2 Å². The molecule has 0 radical (unpaired) electrons. The molecule has 26 heavy (non-hydrogen) atoms. The number of nitro benzene ring substituents is 1. The summed E-state index contributed by atoms with van der Waals surface area (Å²) in [7, 11) is 0. The summed E-state index contributed by atoms with van der Waals surface area (Å²) in [5, 5.41) is 13.1. The smallest absolute Gasteiger partial charge is 0.271 e. The molecule has 3 rings (SSSR count). The highest BCUT2D eigenvalue weighted by Crippen LogP contribution is 2.22. The first-order valence-electron chi connectivity index (χ1n) is 8.06. The Kier molecular flexibility index (Phi) is 4.92. The Hall–Kier alpha value is -3.29. The van der Waals surface area contributed by atoms with Gasteiger partial charge >= 0.3 is 0 Å². The fraction of sp³-hybridized carbons (Fsp3) is 0.222. The highest BCUT2D eigenvalue weighted by Gasteiger charge is 2.20. The van der Waals surface area contributed by atoms with Gasteiger partial charge in [0, 0.05) is 37.2 Å². The van der Waals surface area contributed by atoms with Gasteiger partial charge in [0.1, 0.15) is 5.82 Å². The molecule has 2 aromatic rings. The van der Waals surface area contributed by atoms with Crippen LogP contribution in [0.15, 0.2) is 42.5 Å². The van der Waals surface area contributed by atoms with Gasteiger partial charge in [0.25, 0.3) is 11.6 Å². The van der Waals surface area contributed by atoms with E-state index in [0.29, 0.717) is 19.5 Å². The molecule has 1 saturated heterocycles. The second kappa shape index (κ2) is 7.30. The lowest BCUT2D eigenvalue weighted by molar-refractivity contribution is -0.384. The van der Waals surface area contributed by atoms with Crippen LogP contribution in [0.2, 0.25) is 0 Å². The highest BCUT2D eigenvalue weighted by molar-refractivity contribution is 6.04. The second-order valence-electron chi connectivity index (χ2n) is 5.99. The van der Waals surface area contributed by atoms with Gasteiger partial charge in [0.15, 0.2) is 0 Å². The van der Waals surface area contributed by atoms with E-state index in [1.165, 1.54) is 0 Å². The SMILES string of the molecule is O=C(Nc1cc([N+](=O)[O-])ccc1F)c1cccc(CN2CCCC2=O)c1. The van der Waals surface area contributed by atoms with Gasteiger partial charge in [-0.2, -0.15) is 0 Å². The van der Waals surface area contributed by atoms with E-state index in [2.05, 4.69) is 5.32 Å². The number of nitrogens with one attached hydrogen (secondary N) is 1. The first-order valence-corrected chi connectivity index (χ1v) is 8.06. The Morgan fingerprint density at radius 3 is 2.77 bits per heavy atom. The van der Waals surface area contributed by atoms with Crippen LogP contribution in [0.5, 0.6) is 0 Å². The molecule has 0 aromatic heterocycles. The molecule has 1 heterocycles. The van der Waals surface area contributed by atoms with Crippen LogP contribution in [0.4, 0.5) is 15.8 Å². The largest absolute Gasteiger partial charge is 0.338 e. The molecule has 1 fully saturated rings. The number of carbonyl (C=O) groups excluding carboxylic acids is 2. The number of non-ortho nitro benzene ring substituents is 1. The highest BCUT2D eigenvalue weighted by atomic mass is 19.1. The van der Waals surface area contributed by atoms with Crippen LogP contribution in [-0.4, -0.2) is 28.2 Å². The monoisotopic (exact) mass is 357 g/mol. The first-order chi connectivity index (χ1) is 12.4. The van der Waals surface area contributed by atoms with Gasteiger partial charge in [0.2, 0.25) is 5.91 Å². The maximum absolute atomic E-state index is 13.8. The van der Waals surface area contributed by atoms with E-state index in [-0.39, 0.29) is 22.8 Å². The molecule has 0 aliphatic carbocycles. The number of rotatable bonds is 5. The molecular weight excluding hydrogens is 341 g/mol. The van der Waals surface area contributed by atoms with E-state index in [9.17, 15) is 24.1 Å². The van der Waals surface area contributed by atoms with Crippen molar-refractivity contribution in [2.75, 3.05) is 11.9 Å². The summed E-state index contributed by atoms with van der Waals surface area (Å²) in [5.41, 5.74) is 0.486. The topological polar surface area (TPSA) is 92.5 Å². The van der Waals surface area contributed by atoms with Crippen molar-refractivity contribution >= 4 is 23.2 Å². The Labute approximate surface area is 148 Å². The van der Waals surface area contributed by atoms with Crippen molar-refractivity contribution in [2.24, 2.45) is 0 Å². The van der Waals surface area contributed by atoms with Crippen molar-refractivity contribution in [3.8, 4) is 0 Å². The third-order valence-corrected chi connectivity index (χ3v) is 4.14. The third kappa shape index (κ3) is 3.85. The zero-order valence-corrected chi connectivity index (χ0v) is 13.8. The number of hydrogen-bond donors (Lipinski definition) is 1. The van der Waals surface area contributed by atoms with E-state index in [1.54, 1.807) is 29.2 Å². The van der Waals surface area contributed by atoms with Crippen LogP contribution in [-0.2, 0) is 11.3 Å². The van der Waals surface area contributed by atoms with Crippen molar-refractivity contribution in [1.29, 1.82) is 0 Å².